The van der Waals surface area contributed by atoms with Crippen LogP contribution in [0.3, 0.4) is 0 Å². The molecule has 5 heteroatoms. The van der Waals surface area contributed by atoms with Gasteiger partial charge in [-0.05, 0) is 30.5 Å². The molecule has 0 spiro atoms. The molecule has 114 valence electrons. The Balaban J connectivity index is 1.72. The van der Waals surface area contributed by atoms with Gasteiger partial charge < -0.3 is 14.4 Å². The highest BCUT2D eigenvalue weighted by Crippen LogP contribution is 2.29. The van der Waals surface area contributed by atoms with E-state index in [1.54, 1.807) is 19.4 Å². The van der Waals surface area contributed by atoms with E-state index in [4.69, 9.17) is 16.3 Å². The van der Waals surface area contributed by atoms with Crippen LogP contribution >= 0.6 is 11.6 Å². The maximum Gasteiger partial charge on any atom is 0.120 e. The van der Waals surface area contributed by atoms with Crippen molar-refractivity contribution in [1.29, 1.82) is 0 Å². The summed E-state index contributed by atoms with van der Waals surface area (Å²) in [4.78, 5) is 4.01. The van der Waals surface area contributed by atoms with Crippen LogP contribution in [0.1, 0.15) is 37.4 Å². The van der Waals surface area contributed by atoms with E-state index in [0.29, 0.717) is 10.8 Å². The number of unbranched alkanes of at least 4 members (excludes halogenated alkanes) is 2. The van der Waals surface area contributed by atoms with E-state index in [-0.39, 0.29) is 0 Å². The molecule has 1 aromatic carbocycles. The molecular weight excluding hydrogens is 288 g/mol. The Morgan fingerprint density at radius 1 is 1.33 bits per heavy atom. The van der Waals surface area contributed by atoms with E-state index in [1.807, 2.05) is 24.7 Å². The van der Waals surface area contributed by atoms with Gasteiger partial charge in [-0.25, -0.2) is 4.98 Å². The summed E-state index contributed by atoms with van der Waals surface area (Å²) in [5, 5.41) is 10.8. The van der Waals surface area contributed by atoms with E-state index >= 15 is 0 Å². The predicted molar refractivity (Wildman–Crippen MR) is 83.7 cm³/mol. The lowest BCUT2D eigenvalue weighted by Crippen LogP contribution is -2.00. The second-order valence-electron chi connectivity index (χ2n) is 5.05. The summed E-state index contributed by atoms with van der Waals surface area (Å²) in [7, 11) is 1.60. The fourth-order valence-electron chi connectivity index (χ4n) is 2.29. The molecule has 0 bridgehead atoms. The number of ether oxygens (including phenoxy) is 1. The summed E-state index contributed by atoms with van der Waals surface area (Å²) in [6, 6.07) is 5.39. The van der Waals surface area contributed by atoms with Crippen LogP contribution in [0.4, 0.5) is 0 Å². The van der Waals surface area contributed by atoms with Crippen LogP contribution in [0.25, 0.3) is 0 Å². The minimum absolute atomic E-state index is 0.517. The number of hydrogen-bond donors (Lipinski definition) is 1. The number of methoxy groups -OCH3 is 1. The van der Waals surface area contributed by atoms with Gasteiger partial charge in [-0.1, -0.05) is 30.5 Å². The number of aryl methyl sites for hydroxylation is 1. The summed E-state index contributed by atoms with van der Waals surface area (Å²) in [5.41, 5.74) is 0.770. The number of aliphatic hydroxyl groups is 1. The molecule has 0 saturated carbocycles. The summed E-state index contributed by atoms with van der Waals surface area (Å²) in [6.45, 7) is 0.972. The first-order valence-corrected chi connectivity index (χ1v) is 7.55. The lowest BCUT2D eigenvalue weighted by atomic mass is 10.0. The van der Waals surface area contributed by atoms with Gasteiger partial charge in [-0.2, -0.15) is 0 Å². The number of aliphatic hydroxyl groups excluding tert-OH is 1. The minimum Gasteiger partial charge on any atom is -0.497 e. The van der Waals surface area contributed by atoms with Gasteiger partial charge in [0.2, 0.25) is 0 Å². The fraction of sp³-hybridized carbons (Fsp3) is 0.438. The van der Waals surface area contributed by atoms with E-state index < -0.39 is 6.10 Å². The number of halogens is 1. The zero-order valence-corrected chi connectivity index (χ0v) is 13.0. The third-order valence-electron chi connectivity index (χ3n) is 3.52. The second kappa shape index (κ2) is 8.05. The Labute approximate surface area is 130 Å². The number of nitrogens with zero attached hydrogens (tertiary/aromatic N) is 2. The monoisotopic (exact) mass is 308 g/mol. The lowest BCUT2D eigenvalue weighted by molar-refractivity contribution is 0.163. The highest BCUT2D eigenvalue weighted by Gasteiger charge is 2.12. The highest BCUT2D eigenvalue weighted by molar-refractivity contribution is 6.31. The van der Waals surface area contributed by atoms with Crippen molar-refractivity contribution in [2.75, 3.05) is 7.11 Å². The molecule has 0 radical (unpaired) electrons. The van der Waals surface area contributed by atoms with Crippen LogP contribution in [0, 0.1) is 0 Å². The molecule has 1 heterocycles. The van der Waals surface area contributed by atoms with Crippen molar-refractivity contribution in [2.45, 2.75) is 38.3 Å². The average Bonchev–Trinajstić information content (AvgIpc) is 2.99. The van der Waals surface area contributed by atoms with Crippen molar-refractivity contribution >= 4 is 11.6 Å². The van der Waals surface area contributed by atoms with Gasteiger partial charge in [0, 0.05) is 18.9 Å². The molecular formula is C16H21ClN2O2. The molecule has 1 aromatic heterocycles. The molecule has 0 aliphatic heterocycles. The molecule has 2 rings (SSSR count). The van der Waals surface area contributed by atoms with Gasteiger partial charge in [0.1, 0.15) is 5.75 Å². The second-order valence-corrected chi connectivity index (χ2v) is 5.46. The van der Waals surface area contributed by atoms with Crippen molar-refractivity contribution in [3.05, 3.63) is 47.5 Å². The molecule has 1 atom stereocenters. The van der Waals surface area contributed by atoms with E-state index in [0.717, 1.165) is 37.8 Å². The Bertz CT molecular complexity index is 543. The zero-order valence-electron chi connectivity index (χ0n) is 12.2. The number of rotatable bonds is 8. The van der Waals surface area contributed by atoms with Crippen LogP contribution in [0.5, 0.6) is 5.75 Å². The molecule has 0 aliphatic carbocycles. The molecule has 1 unspecified atom stereocenters. The van der Waals surface area contributed by atoms with Gasteiger partial charge >= 0.3 is 0 Å². The van der Waals surface area contributed by atoms with Crippen LogP contribution < -0.4 is 4.74 Å². The Kier molecular flexibility index (Phi) is 6.08. The normalized spacial score (nSPS) is 12.3. The summed E-state index contributed by atoms with van der Waals surface area (Å²) in [6.07, 6.45) is 8.90. The number of aromatic nitrogens is 2. The summed E-state index contributed by atoms with van der Waals surface area (Å²) in [5.74, 6) is 0.705. The number of hydrogen-bond acceptors (Lipinski definition) is 3. The van der Waals surface area contributed by atoms with Crippen molar-refractivity contribution in [1.82, 2.24) is 9.55 Å². The Morgan fingerprint density at radius 3 is 2.86 bits per heavy atom. The third kappa shape index (κ3) is 4.76. The van der Waals surface area contributed by atoms with Gasteiger partial charge in [0.15, 0.2) is 0 Å². The SMILES string of the molecule is COc1ccc(C(O)CCCCCn2ccnc2)c(Cl)c1. The first-order chi connectivity index (χ1) is 10.2. The topological polar surface area (TPSA) is 47.3 Å². The van der Waals surface area contributed by atoms with E-state index in [2.05, 4.69) is 9.55 Å². The molecule has 0 saturated heterocycles. The van der Waals surface area contributed by atoms with Crippen LogP contribution in [0.2, 0.25) is 5.02 Å². The lowest BCUT2D eigenvalue weighted by Gasteiger charge is -2.13. The van der Waals surface area contributed by atoms with Gasteiger partial charge in [0.25, 0.3) is 0 Å². The zero-order chi connectivity index (χ0) is 15.1. The van der Waals surface area contributed by atoms with Gasteiger partial charge in [0.05, 0.1) is 24.6 Å². The molecule has 4 nitrogen and oxygen atoms in total. The molecule has 1 N–H and O–H groups in total. The largest absolute Gasteiger partial charge is 0.497 e. The van der Waals surface area contributed by atoms with Gasteiger partial charge in [-0.3, -0.25) is 0 Å². The van der Waals surface area contributed by atoms with Crippen LogP contribution in [-0.2, 0) is 6.54 Å². The van der Waals surface area contributed by atoms with Crippen LogP contribution in [-0.4, -0.2) is 21.8 Å². The van der Waals surface area contributed by atoms with Crippen LogP contribution in [0.15, 0.2) is 36.9 Å². The minimum atomic E-state index is -0.517. The fourth-order valence-corrected chi connectivity index (χ4v) is 2.58. The molecule has 2 aromatic rings. The first-order valence-electron chi connectivity index (χ1n) is 7.18. The van der Waals surface area contributed by atoms with E-state index in [9.17, 15) is 5.11 Å². The smallest absolute Gasteiger partial charge is 0.120 e. The summed E-state index contributed by atoms with van der Waals surface area (Å²) < 4.78 is 7.17. The van der Waals surface area contributed by atoms with Gasteiger partial charge in [-0.15, -0.1) is 0 Å². The molecule has 0 amide bonds. The molecule has 0 aliphatic rings. The average molecular weight is 309 g/mol. The molecule has 0 fully saturated rings. The standard InChI is InChI=1S/C16H21ClN2O2/c1-21-13-6-7-14(15(17)11-13)16(20)5-3-2-4-9-19-10-8-18-12-19/h6-8,10-12,16,20H,2-5,9H2,1H3. The van der Waals surface area contributed by atoms with Crippen molar-refractivity contribution in [2.24, 2.45) is 0 Å². The predicted octanol–water partition coefficient (Wildman–Crippen LogP) is 3.84. The number of imidazole rings is 1. The Morgan fingerprint density at radius 2 is 2.19 bits per heavy atom. The quantitative estimate of drug-likeness (QED) is 0.754. The highest BCUT2D eigenvalue weighted by atomic mass is 35.5. The maximum atomic E-state index is 10.2. The Hall–Kier alpha value is -1.52. The van der Waals surface area contributed by atoms with Crippen molar-refractivity contribution in [3.8, 4) is 5.75 Å². The molecule has 21 heavy (non-hydrogen) atoms. The number of benzene rings is 1. The first kappa shape index (κ1) is 15.9. The van der Waals surface area contributed by atoms with Crippen molar-refractivity contribution in [3.63, 3.8) is 0 Å². The summed E-state index contributed by atoms with van der Waals surface area (Å²) >= 11 is 6.16. The maximum absolute atomic E-state index is 10.2. The third-order valence-corrected chi connectivity index (χ3v) is 3.85. The van der Waals surface area contributed by atoms with Crippen molar-refractivity contribution < 1.29 is 9.84 Å². The van der Waals surface area contributed by atoms with E-state index in [1.165, 1.54) is 0 Å².